The lowest BCUT2D eigenvalue weighted by molar-refractivity contribution is -0.127. The Morgan fingerprint density at radius 2 is 2.28 bits per heavy atom. The van der Waals surface area contributed by atoms with E-state index < -0.39 is 0 Å². The summed E-state index contributed by atoms with van der Waals surface area (Å²) < 4.78 is 2.27. The molecule has 1 aromatic heterocycles. The van der Waals surface area contributed by atoms with Gasteiger partial charge in [0.15, 0.2) is 0 Å². The summed E-state index contributed by atoms with van der Waals surface area (Å²) in [7, 11) is 0. The van der Waals surface area contributed by atoms with Gasteiger partial charge in [-0.2, -0.15) is 0 Å². The molecule has 4 heteroatoms. The fraction of sp³-hybridized carbons (Fsp3) is 0.714. The second-order valence-corrected chi connectivity index (χ2v) is 5.47. The number of aryl methyl sites for hydroxylation is 2. The van der Waals surface area contributed by atoms with Gasteiger partial charge in [-0.1, -0.05) is 6.42 Å². The Bertz CT molecular complexity index is 411. The zero-order valence-electron chi connectivity index (χ0n) is 10.8. The molecule has 3 rings (SSSR count). The van der Waals surface area contributed by atoms with Crippen molar-refractivity contribution >= 4 is 5.91 Å². The standard InChI is InChI=1S/C14H21N3O/c18-14(11-4-3-5-11)15-8-7-12-10-17-9-2-1-6-13(17)16-12/h10-11H,1-9H2,(H,15,18). The van der Waals surface area contributed by atoms with Crippen LogP contribution in [0, 0.1) is 5.92 Å². The molecule has 4 nitrogen and oxygen atoms in total. The highest BCUT2D eigenvalue weighted by atomic mass is 16.1. The predicted molar refractivity (Wildman–Crippen MR) is 69.2 cm³/mol. The van der Waals surface area contributed by atoms with Crippen LogP contribution >= 0.6 is 0 Å². The van der Waals surface area contributed by atoms with E-state index in [0.717, 1.165) is 44.5 Å². The molecule has 0 radical (unpaired) electrons. The Morgan fingerprint density at radius 3 is 3.00 bits per heavy atom. The zero-order valence-corrected chi connectivity index (χ0v) is 10.8. The minimum Gasteiger partial charge on any atom is -0.355 e. The van der Waals surface area contributed by atoms with Crippen LogP contribution in [-0.4, -0.2) is 22.0 Å². The van der Waals surface area contributed by atoms with Gasteiger partial charge in [-0.15, -0.1) is 0 Å². The number of aromatic nitrogens is 2. The molecular formula is C14H21N3O. The number of fused-ring (bicyclic) bond motifs is 1. The molecule has 1 aliphatic heterocycles. The van der Waals surface area contributed by atoms with Crippen molar-refractivity contribution in [3.8, 4) is 0 Å². The summed E-state index contributed by atoms with van der Waals surface area (Å²) in [5, 5.41) is 3.03. The zero-order chi connectivity index (χ0) is 12.4. The van der Waals surface area contributed by atoms with E-state index in [4.69, 9.17) is 0 Å². The van der Waals surface area contributed by atoms with Gasteiger partial charge in [-0.3, -0.25) is 4.79 Å². The number of hydrogen-bond acceptors (Lipinski definition) is 2. The van der Waals surface area contributed by atoms with Crippen molar-refractivity contribution < 1.29 is 4.79 Å². The van der Waals surface area contributed by atoms with Crippen molar-refractivity contribution in [1.82, 2.24) is 14.9 Å². The third kappa shape index (κ3) is 2.42. The van der Waals surface area contributed by atoms with Crippen LogP contribution in [0.3, 0.4) is 0 Å². The van der Waals surface area contributed by atoms with E-state index in [0.29, 0.717) is 5.92 Å². The van der Waals surface area contributed by atoms with Crippen LogP contribution in [0.2, 0.25) is 0 Å². The summed E-state index contributed by atoms with van der Waals surface area (Å²) >= 11 is 0. The molecule has 0 atom stereocenters. The van der Waals surface area contributed by atoms with Gasteiger partial charge in [0.1, 0.15) is 5.82 Å². The maximum atomic E-state index is 11.7. The van der Waals surface area contributed by atoms with Gasteiger partial charge in [0.2, 0.25) is 5.91 Å². The molecule has 0 unspecified atom stereocenters. The van der Waals surface area contributed by atoms with E-state index >= 15 is 0 Å². The number of carbonyl (C=O) groups is 1. The summed E-state index contributed by atoms with van der Waals surface area (Å²) in [6.07, 6.45) is 10.0. The number of imidazole rings is 1. The summed E-state index contributed by atoms with van der Waals surface area (Å²) in [5.41, 5.74) is 1.13. The van der Waals surface area contributed by atoms with Crippen LogP contribution in [0.1, 0.15) is 43.6 Å². The first-order chi connectivity index (χ1) is 8.83. The number of amides is 1. The Hall–Kier alpha value is -1.32. The number of nitrogens with zero attached hydrogens (tertiary/aromatic N) is 2. The van der Waals surface area contributed by atoms with Crippen molar-refractivity contribution in [2.24, 2.45) is 5.92 Å². The highest BCUT2D eigenvalue weighted by molar-refractivity contribution is 5.79. The van der Waals surface area contributed by atoms with Gasteiger partial charge in [-0.05, 0) is 25.7 Å². The van der Waals surface area contributed by atoms with Gasteiger partial charge in [-0.25, -0.2) is 4.98 Å². The summed E-state index contributed by atoms with van der Waals surface area (Å²) in [4.78, 5) is 16.3. The lowest BCUT2D eigenvalue weighted by atomic mass is 9.85. The lowest BCUT2D eigenvalue weighted by Gasteiger charge is -2.23. The number of hydrogen-bond donors (Lipinski definition) is 1. The summed E-state index contributed by atoms with van der Waals surface area (Å²) in [5.74, 6) is 1.76. The van der Waals surface area contributed by atoms with E-state index in [1.165, 1.54) is 25.1 Å². The first-order valence-corrected chi connectivity index (χ1v) is 7.15. The average molecular weight is 247 g/mol. The molecule has 0 aromatic carbocycles. The molecular weight excluding hydrogens is 226 g/mol. The van der Waals surface area contributed by atoms with Crippen LogP contribution < -0.4 is 5.32 Å². The van der Waals surface area contributed by atoms with Crippen molar-refractivity contribution in [2.45, 2.75) is 51.5 Å². The van der Waals surface area contributed by atoms with E-state index in [-0.39, 0.29) is 5.91 Å². The summed E-state index contributed by atoms with van der Waals surface area (Å²) in [6, 6.07) is 0. The van der Waals surface area contributed by atoms with Crippen LogP contribution in [0.15, 0.2) is 6.20 Å². The van der Waals surface area contributed by atoms with Gasteiger partial charge >= 0.3 is 0 Å². The SMILES string of the molecule is O=C(NCCc1cn2c(n1)CCCC2)C1CCC1. The van der Waals surface area contributed by atoms with Crippen LogP contribution in [0.5, 0.6) is 0 Å². The first kappa shape index (κ1) is 11.8. The van der Waals surface area contributed by atoms with Crippen molar-refractivity contribution in [2.75, 3.05) is 6.54 Å². The highest BCUT2D eigenvalue weighted by Crippen LogP contribution is 2.26. The third-order valence-electron chi connectivity index (χ3n) is 4.11. The Morgan fingerprint density at radius 1 is 1.39 bits per heavy atom. The fourth-order valence-electron chi connectivity index (χ4n) is 2.72. The maximum absolute atomic E-state index is 11.7. The maximum Gasteiger partial charge on any atom is 0.223 e. The molecule has 98 valence electrons. The van der Waals surface area contributed by atoms with Crippen LogP contribution in [0.4, 0.5) is 0 Å². The largest absolute Gasteiger partial charge is 0.355 e. The van der Waals surface area contributed by atoms with E-state index in [1.54, 1.807) is 0 Å². The minimum atomic E-state index is 0.241. The van der Waals surface area contributed by atoms with Crippen molar-refractivity contribution in [3.63, 3.8) is 0 Å². The Balaban J connectivity index is 1.47. The molecule has 1 N–H and O–H groups in total. The lowest BCUT2D eigenvalue weighted by Crippen LogP contribution is -2.35. The van der Waals surface area contributed by atoms with Crippen molar-refractivity contribution in [3.05, 3.63) is 17.7 Å². The number of carbonyl (C=O) groups excluding carboxylic acids is 1. The Kier molecular flexibility index (Phi) is 3.35. The molecule has 1 amide bonds. The molecule has 0 bridgehead atoms. The minimum absolute atomic E-state index is 0.241. The number of rotatable bonds is 4. The van der Waals surface area contributed by atoms with Gasteiger partial charge in [0.25, 0.3) is 0 Å². The van der Waals surface area contributed by atoms with Crippen LogP contribution in [-0.2, 0) is 24.2 Å². The topological polar surface area (TPSA) is 46.9 Å². The molecule has 1 fully saturated rings. The van der Waals surface area contributed by atoms with Gasteiger partial charge in [0.05, 0.1) is 5.69 Å². The van der Waals surface area contributed by atoms with Crippen LogP contribution in [0.25, 0.3) is 0 Å². The predicted octanol–water partition coefficient (Wildman–Crippen LogP) is 1.68. The molecule has 2 heterocycles. The monoisotopic (exact) mass is 247 g/mol. The Labute approximate surface area is 108 Å². The molecule has 1 aliphatic carbocycles. The number of nitrogens with one attached hydrogen (secondary N) is 1. The highest BCUT2D eigenvalue weighted by Gasteiger charge is 2.24. The molecule has 2 aliphatic rings. The first-order valence-electron chi connectivity index (χ1n) is 7.15. The third-order valence-corrected chi connectivity index (χ3v) is 4.11. The smallest absolute Gasteiger partial charge is 0.223 e. The molecule has 0 saturated heterocycles. The van der Waals surface area contributed by atoms with E-state index in [9.17, 15) is 4.79 Å². The van der Waals surface area contributed by atoms with Crippen molar-refractivity contribution in [1.29, 1.82) is 0 Å². The second-order valence-electron chi connectivity index (χ2n) is 5.47. The van der Waals surface area contributed by atoms with E-state index in [1.807, 2.05) is 0 Å². The normalized spacial score (nSPS) is 19.1. The molecule has 1 saturated carbocycles. The summed E-state index contributed by atoms with van der Waals surface area (Å²) in [6.45, 7) is 1.84. The quantitative estimate of drug-likeness (QED) is 0.880. The molecule has 18 heavy (non-hydrogen) atoms. The van der Waals surface area contributed by atoms with E-state index in [2.05, 4.69) is 21.1 Å². The van der Waals surface area contributed by atoms with Gasteiger partial charge in [0, 0.05) is 38.0 Å². The average Bonchev–Trinajstić information content (AvgIpc) is 2.69. The fourth-order valence-corrected chi connectivity index (χ4v) is 2.72. The molecule has 0 spiro atoms. The second kappa shape index (κ2) is 5.12. The van der Waals surface area contributed by atoms with Gasteiger partial charge < -0.3 is 9.88 Å². The molecule has 1 aromatic rings.